The summed E-state index contributed by atoms with van der Waals surface area (Å²) in [5.41, 5.74) is 6.90. The Hall–Kier alpha value is -1.78. The van der Waals surface area contributed by atoms with Crippen molar-refractivity contribution >= 4 is 11.0 Å². The quantitative estimate of drug-likeness (QED) is 0.480. The zero-order valence-corrected chi connectivity index (χ0v) is 10.6. The summed E-state index contributed by atoms with van der Waals surface area (Å²) in [4.78, 5) is 8.70. The summed E-state index contributed by atoms with van der Waals surface area (Å²) in [5, 5.41) is 0. The molecule has 0 saturated heterocycles. The summed E-state index contributed by atoms with van der Waals surface area (Å²) >= 11 is 0. The van der Waals surface area contributed by atoms with E-state index in [-0.39, 0.29) is 6.04 Å². The zero-order chi connectivity index (χ0) is 13.0. The van der Waals surface area contributed by atoms with Crippen LogP contribution in [0.5, 0.6) is 0 Å². The van der Waals surface area contributed by atoms with E-state index in [1.807, 2.05) is 25.1 Å². The number of fused-ring (bicyclic) bond motifs is 1. The highest BCUT2D eigenvalue weighted by Crippen LogP contribution is 2.25. The Morgan fingerprint density at radius 1 is 1.39 bits per heavy atom. The summed E-state index contributed by atoms with van der Waals surface area (Å²) in [6.45, 7) is 5.95. The third-order valence-electron chi connectivity index (χ3n) is 2.97. The van der Waals surface area contributed by atoms with Gasteiger partial charge in [0.2, 0.25) is 0 Å². The number of para-hydroxylation sites is 1. The van der Waals surface area contributed by atoms with E-state index in [4.69, 9.17) is 5.84 Å². The van der Waals surface area contributed by atoms with Crippen molar-refractivity contribution in [2.45, 2.75) is 25.8 Å². The molecule has 1 heterocycles. The van der Waals surface area contributed by atoms with Crippen molar-refractivity contribution in [3.8, 4) is 0 Å². The van der Waals surface area contributed by atoms with Gasteiger partial charge in [-0.1, -0.05) is 17.7 Å². The van der Waals surface area contributed by atoms with Crippen LogP contribution in [0.4, 0.5) is 0 Å². The average Bonchev–Trinajstić information content (AvgIpc) is 2.39. The maximum Gasteiger partial charge on any atom is 0.0935 e. The van der Waals surface area contributed by atoms with Gasteiger partial charge in [0.25, 0.3) is 0 Å². The fourth-order valence-electron chi connectivity index (χ4n) is 2.02. The predicted molar refractivity (Wildman–Crippen MR) is 73.7 cm³/mol. The molecule has 0 radical (unpaired) electrons. The molecule has 1 unspecified atom stereocenters. The van der Waals surface area contributed by atoms with Crippen molar-refractivity contribution in [3.05, 3.63) is 48.3 Å². The smallest absolute Gasteiger partial charge is 0.0935 e. The van der Waals surface area contributed by atoms with E-state index in [1.54, 1.807) is 12.4 Å². The summed E-state index contributed by atoms with van der Waals surface area (Å²) in [5.74, 6) is 5.65. The number of rotatable bonds is 5. The lowest BCUT2D eigenvalue weighted by atomic mass is 9.99. The second-order valence-corrected chi connectivity index (χ2v) is 4.49. The molecule has 94 valence electrons. The summed E-state index contributed by atoms with van der Waals surface area (Å²) < 4.78 is 0. The molecule has 2 rings (SSSR count). The molecule has 0 fully saturated rings. The third-order valence-corrected chi connectivity index (χ3v) is 2.97. The molecule has 1 atom stereocenters. The van der Waals surface area contributed by atoms with E-state index in [1.165, 1.54) is 0 Å². The van der Waals surface area contributed by atoms with E-state index < -0.39 is 0 Å². The van der Waals surface area contributed by atoms with Gasteiger partial charge in [-0.2, -0.15) is 0 Å². The van der Waals surface area contributed by atoms with E-state index in [0.717, 1.165) is 35.0 Å². The number of hydrogen-bond donors (Lipinski definition) is 2. The Labute approximate surface area is 107 Å². The third kappa shape index (κ3) is 2.72. The van der Waals surface area contributed by atoms with Crippen LogP contribution < -0.4 is 11.3 Å². The predicted octanol–water partition coefficient (Wildman–Crippen LogP) is 2.49. The van der Waals surface area contributed by atoms with Gasteiger partial charge in [0.15, 0.2) is 0 Å². The number of benzene rings is 1. The maximum absolute atomic E-state index is 5.65. The number of hydrazine groups is 1. The van der Waals surface area contributed by atoms with E-state index in [2.05, 4.69) is 22.0 Å². The highest BCUT2D eigenvalue weighted by molar-refractivity contribution is 5.78. The van der Waals surface area contributed by atoms with Gasteiger partial charge in [-0.05, 0) is 31.4 Å². The molecule has 0 spiro atoms. The van der Waals surface area contributed by atoms with Crippen molar-refractivity contribution in [2.24, 2.45) is 5.84 Å². The molecular formula is C14H18N4. The molecule has 1 aromatic carbocycles. The molecule has 2 aromatic rings. The number of nitrogens with one attached hydrogen (secondary N) is 1. The largest absolute Gasteiger partial charge is 0.271 e. The number of aromatic nitrogens is 2. The van der Waals surface area contributed by atoms with Crippen molar-refractivity contribution in [1.29, 1.82) is 0 Å². The standard InChI is InChI=1S/C14H18N4/c1-10(2)6-7-12(18-15)11-4-3-5-13-14(11)17-9-8-16-13/h3-5,8-9,12,18H,1,6-7,15H2,2H3. The van der Waals surface area contributed by atoms with Crippen LogP contribution >= 0.6 is 0 Å². The van der Waals surface area contributed by atoms with Crippen LogP contribution in [0.1, 0.15) is 31.4 Å². The van der Waals surface area contributed by atoms with Crippen LogP contribution in [0.25, 0.3) is 11.0 Å². The minimum Gasteiger partial charge on any atom is -0.271 e. The Bertz CT molecular complexity index is 545. The minimum absolute atomic E-state index is 0.0714. The van der Waals surface area contributed by atoms with Gasteiger partial charge in [0.1, 0.15) is 0 Å². The molecule has 0 bridgehead atoms. The minimum atomic E-state index is 0.0714. The Kier molecular flexibility index (Phi) is 4.02. The molecule has 4 nitrogen and oxygen atoms in total. The second kappa shape index (κ2) is 5.71. The van der Waals surface area contributed by atoms with Crippen LogP contribution in [0.3, 0.4) is 0 Å². The molecule has 18 heavy (non-hydrogen) atoms. The topological polar surface area (TPSA) is 63.8 Å². The first-order chi connectivity index (χ1) is 8.72. The first-order valence-electron chi connectivity index (χ1n) is 6.02. The van der Waals surface area contributed by atoms with Gasteiger partial charge in [-0.3, -0.25) is 21.2 Å². The number of nitrogens with zero attached hydrogens (tertiary/aromatic N) is 2. The summed E-state index contributed by atoms with van der Waals surface area (Å²) in [7, 11) is 0. The lowest BCUT2D eigenvalue weighted by Crippen LogP contribution is -2.28. The first kappa shape index (κ1) is 12.7. The van der Waals surface area contributed by atoms with Crippen molar-refractivity contribution in [1.82, 2.24) is 15.4 Å². The molecule has 0 saturated carbocycles. The van der Waals surface area contributed by atoms with Gasteiger partial charge in [0.05, 0.1) is 11.0 Å². The highest BCUT2D eigenvalue weighted by Gasteiger charge is 2.13. The molecular weight excluding hydrogens is 224 g/mol. The van der Waals surface area contributed by atoms with Gasteiger partial charge >= 0.3 is 0 Å². The molecule has 4 heteroatoms. The molecule has 3 N–H and O–H groups in total. The normalized spacial score (nSPS) is 12.6. The number of hydrogen-bond acceptors (Lipinski definition) is 4. The lowest BCUT2D eigenvalue weighted by Gasteiger charge is -2.17. The number of allylic oxidation sites excluding steroid dienone is 1. The van der Waals surface area contributed by atoms with E-state index in [0.29, 0.717) is 0 Å². The van der Waals surface area contributed by atoms with Crippen molar-refractivity contribution in [3.63, 3.8) is 0 Å². The second-order valence-electron chi connectivity index (χ2n) is 4.49. The van der Waals surface area contributed by atoms with Gasteiger partial charge < -0.3 is 0 Å². The van der Waals surface area contributed by atoms with Gasteiger partial charge in [-0.25, -0.2) is 0 Å². The monoisotopic (exact) mass is 242 g/mol. The SMILES string of the molecule is C=C(C)CCC(NN)c1cccc2nccnc12. The maximum atomic E-state index is 5.65. The Morgan fingerprint density at radius 2 is 2.17 bits per heavy atom. The van der Waals surface area contributed by atoms with Gasteiger partial charge in [-0.15, -0.1) is 6.58 Å². The molecule has 1 aromatic heterocycles. The Balaban J connectivity index is 2.35. The molecule has 0 aliphatic carbocycles. The summed E-state index contributed by atoms with van der Waals surface area (Å²) in [6.07, 6.45) is 5.25. The summed E-state index contributed by atoms with van der Waals surface area (Å²) in [6, 6.07) is 6.05. The zero-order valence-electron chi connectivity index (χ0n) is 10.6. The first-order valence-corrected chi connectivity index (χ1v) is 6.02. The van der Waals surface area contributed by atoms with Crippen LogP contribution in [-0.2, 0) is 0 Å². The van der Waals surface area contributed by atoms with Crippen molar-refractivity contribution < 1.29 is 0 Å². The highest BCUT2D eigenvalue weighted by atomic mass is 15.2. The van der Waals surface area contributed by atoms with Crippen LogP contribution in [0.15, 0.2) is 42.7 Å². The number of nitrogens with two attached hydrogens (primary N) is 1. The van der Waals surface area contributed by atoms with E-state index >= 15 is 0 Å². The van der Waals surface area contributed by atoms with Crippen molar-refractivity contribution in [2.75, 3.05) is 0 Å². The van der Waals surface area contributed by atoms with Crippen LogP contribution in [0, 0.1) is 0 Å². The lowest BCUT2D eigenvalue weighted by molar-refractivity contribution is 0.518. The van der Waals surface area contributed by atoms with Crippen LogP contribution in [-0.4, -0.2) is 9.97 Å². The van der Waals surface area contributed by atoms with Crippen LogP contribution in [0.2, 0.25) is 0 Å². The van der Waals surface area contributed by atoms with Gasteiger partial charge in [0, 0.05) is 18.4 Å². The fourth-order valence-corrected chi connectivity index (χ4v) is 2.02. The Morgan fingerprint density at radius 3 is 2.89 bits per heavy atom. The molecule has 0 aliphatic heterocycles. The van der Waals surface area contributed by atoms with E-state index in [9.17, 15) is 0 Å². The molecule has 0 amide bonds. The average molecular weight is 242 g/mol. The fraction of sp³-hybridized carbons (Fsp3) is 0.286. The molecule has 0 aliphatic rings.